The van der Waals surface area contributed by atoms with Crippen LogP contribution in [0.15, 0.2) is 18.3 Å². The molecule has 0 bridgehead atoms. The van der Waals surface area contributed by atoms with Gasteiger partial charge in [-0.1, -0.05) is 0 Å². The van der Waals surface area contributed by atoms with Gasteiger partial charge in [0.05, 0.1) is 17.8 Å². The van der Waals surface area contributed by atoms with Crippen LogP contribution in [0.1, 0.15) is 25.0 Å². The number of hydrogen-bond donors (Lipinski definition) is 2. The number of aryl methyl sites for hydroxylation is 1. The molecule has 2 rings (SSSR count). The maximum atomic E-state index is 12.1. The summed E-state index contributed by atoms with van der Waals surface area (Å²) in [7, 11) is 3.46. The molecule has 110 valence electrons. The summed E-state index contributed by atoms with van der Waals surface area (Å²) in [6.45, 7) is 0. The molecule has 1 amide bonds. The molecule has 1 saturated carbocycles. The second-order valence-corrected chi connectivity index (χ2v) is 5.22. The lowest BCUT2D eigenvalue weighted by molar-refractivity contribution is -0.133. The van der Waals surface area contributed by atoms with Gasteiger partial charge in [-0.05, 0) is 31.4 Å². The van der Waals surface area contributed by atoms with Crippen LogP contribution in [0.4, 0.5) is 0 Å². The predicted molar refractivity (Wildman–Crippen MR) is 74.7 cm³/mol. The maximum absolute atomic E-state index is 12.1. The molecule has 6 heteroatoms. The number of aliphatic hydroxyl groups is 2. The molecule has 0 saturated heterocycles. The Kier molecular flexibility index (Phi) is 4.57. The van der Waals surface area contributed by atoms with Crippen LogP contribution in [0, 0.1) is 0 Å². The lowest BCUT2D eigenvalue weighted by atomic mass is 9.89. The van der Waals surface area contributed by atoms with Crippen molar-refractivity contribution in [2.45, 2.75) is 37.5 Å². The van der Waals surface area contributed by atoms with E-state index in [0.717, 1.165) is 12.1 Å². The van der Waals surface area contributed by atoms with Crippen LogP contribution in [-0.2, 0) is 11.8 Å². The van der Waals surface area contributed by atoms with Crippen molar-refractivity contribution >= 4 is 12.0 Å². The van der Waals surface area contributed by atoms with Crippen molar-refractivity contribution in [2.75, 3.05) is 7.05 Å². The third-order valence-corrected chi connectivity index (χ3v) is 3.89. The fraction of sp³-hybridized carbons (Fsp3) is 0.571. The van der Waals surface area contributed by atoms with Crippen molar-refractivity contribution < 1.29 is 15.0 Å². The average molecular weight is 279 g/mol. The molecule has 0 unspecified atom stereocenters. The Hall–Kier alpha value is -1.66. The molecule has 1 aliphatic rings. The van der Waals surface area contributed by atoms with Gasteiger partial charge in [0, 0.05) is 26.4 Å². The van der Waals surface area contributed by atoms with E-state index in [2.05, 4.69) is 5.10 Å². The Morgan fingerprint density at radius 1 is 1.50 bits per heavy atom. The topological polar surface area (TPSA) is 78.6 Å². The van der Waals surface area contributed by atoms with Gasteiger partial charge in [0.1, 0.15) is 6.10 Å². The van der Waals surface area contributed by atoms with Gasteiger partial charge in [-0.15, -0.1) is 0 Å². The second-order valence-electron chi connectivity index (χ2n) is 5.22. The van der Waals surface area contributed by atoms with Gasteiger partial charge in [-0.25, -0.2) is 0 Å². The van der Waals surface area contributed by atoms with Crippen molar-refractivity contribution in [3.05, 3.63) is 24.0 Å². The van der Waals surface area contributed by atoms with E-state index in [4.69, 9.17) is 0 Å². The highest BCUT2D eigenvalue weighted by Crippen LogP contribution is 2.23. The Bertz CT molecular complexity index is 498. The largest absolute Gasteiger partial charge is 0.390 e. The monoisotopic (exact) mass is 279 g/mol. The summed E-state index contributed by atoms with van der Waals surface area (Å²) in [4.78, 5) is 13.6. The zero-order valence-corrected chi connectivity index (χ0v) is 11.8. The molecular weight excluding hydrogens is 258 g/mol. The Morgan fingerprint density at radius 3 is 2.90 bits per heavy atom. The molecule has 1 aliphatic carbocycles. The molecule has 1 aromatic rings. The molecule has 20 heavy (non-hydrogen) atoms. The van der Waals surface area contributed by atoms with Gasteiger partial charge in [0.2, 0.25) is 5.91 Å². The molecule has 1 heterocycles. The normalized spacial score (nSPS) is 26.9. The molecule has 0 spiro atoms. The van der Waals surface area contributed by atoms with Gasteiger partial charge < -0.3 is 15.1 Å². The van der Waals surface area contributed by atoms with Gasteiger partial charge in [-0.2, -0.15) is 5.10 Å². The van der Waals surface area contributed by atoms with E-state index in [9.17, 15) is 15.0 Å². The number of likely N-dealkylation sites (N-methyl/N-ethyl adjacent to an activating group) is 1. The number of nitrogens with zero attached hydrogens (tertiary/aromatic N) is 3. The summed E-state index contributed by atoms with van der Waals surface area (Å²) in [6.07, 6.45) is 5.31. The molecule has 0 aromatic carbocycles. The standard InChI is InChI=1S/C14H21N3O3/c1-16(11-4-3-5-12(18)14(11)20)13(19)7-6-10-8-9-15-17(10)2/h6-9,11-12,14,18,20H,3-5H2,1-2H3/b7-6+/t11-,12-,14-/m1/s1. The summed E-state index contributed by atoms with van der Waals surface area (Å²) >= 11 is 0. The molecule has 2 N–H and O–H groups in total. The zero-order valence-electron chi connectivity index (χ0n) is 11.8. The smallest absolute Gasteiger partial charge is 0.246 e. The van der Waals surface area contributed by atoms with Crippen molar-refractivity contribution in [1.29, 1.82) is 0 Å². The van der Waals surface area contributed by atoms with E-state index >= 15 is 0 Å². The minimum Gasteiger partial charge on any atom is -0.390 e. The summed E-state index contributed by atoms with van der Waals surface area (Å²) in [6, 6.07) is 1.48. The third kappa shape index (κ3) is 3.08. The number of carbonyl (C=O) groups is 1. The van der Waals surface area contributed by atoms with E-state index in [-0.39, 0.29) is 11.9 Å². The zero-order chi connectivity index (χ0) is 14.7. The molecular formula is C14H21N3O3. The van der Waals surface area contributed by atoms with Crippen molar-refractivity contribution in [3.63, 3.8) is 0 Å². The first-order valence-corrected chi connectivity index (χ1v) is 6.79. The number of hydrogen-bond acceptors (Lipinski definition) is 4. The summed E-state index contributed by atoms with van der Waals surface area (Å²) in [5, 5.41) is 23.7. The van der Waals surface area contributed by atoms with Crippen LogP contribution < -0.4 is 0 Å². The Labute approximate surface area is 118 Å². The summed E-state index contributed by atoms with van der Waals surface area (Å²) in [5.41, 5.74) is 0.830. The summed E-state index contributed by atoms with van der Waals surface area (Å²) < 4.78 is 1.67. The lowest BCUT2D eigenvalue weighted by Crippen LogP contribution is -2.51. The van der Waals surface area contributed by atoms with E-state index in [1.54, 1.807) is 31.1 Å². The van der Waals surface area contributed by atoms with E-state index in [1.807, 2.05) is 6.07 Å². The quantitative estimate of drug-likeness (QED) is 0.773. The van der Waals surface area contributed by atoms with Crippen molar-refractivity contribution in [3.8, 4) is 0 Å². The van der Waals surface area contributed by atoms with Crippen LogP contribution >= 0.6 is 0 Å². The lowest BCUT2D eigenvalue weighted by Gasteiger charge is -2.37. The van der Waals surface area contributed by atoms with Crippen molar-refractivity contribution in [2.24, 2.45) is 7.05 Å². The number of aromatic nitrogens is 2. The predicted octanol–water partition coefficient (Wildman–Crippen LogP) is 0.166. The van der Waals surface area contributed by atoms with Crippen molar-refractivity contribution in [1.82, 2.24) is 14.7 Å². The number of rotatable bonds is 3. The molecule has 0 radical (unpaired) electrons. The first-order chi connectivity index (χ1) is 9.50. The van der Waals surface area contributed by atoms with E-state index < -0.39 is 12.2 Å². The van der Waals surface area contributed by atoms with Gasteiger partial charge in [0.25, 0.3) is 0 Å². The fourth-order valence-electron chi connectivity index (χ4n) is 2.54. The molecule has 1 aromatic heterocycles. The van der Waals surface area contributed by atoms with Crippen LogP contribution in [-0.4, -0.2) is 56.1 Å². The SMILES string of the molecule is CN(C(=O)/C=C/c1ccnn1C)[C@@H]1CCC[C@@H](O)[C@@H]1O. The van der Waals surface area contributed by atoms with Crippen LogP contribution in [0.3, 0.4) is 0 Å². The minimum absolute atomic E-state index is 0.190. The highest BCUT2D eigenvalue weighted by Gasteiger charge is 2.34. The fourth-order valence-corrected chi connectivity index (χ4v) is 2.54. The molecule has 6 nitrogen and oxygen atoms in total. The van der Waals surface area contributed by atoms with Gasteiger partial charge in [-0.3, -0.25) is 9.48 Å². The van der Waals surface area contributed by atoms with E-state index in [0.29, 0.717) is 12.8 Å². The molecule has 0 aliphatic heterocycles. The first kappa shape index (κ1) is 14.7. The Morgan fingerprint density at radius 2 is 2.25 bits per heavy atom. The first-order valence-electron chi connectivity index (χ1n) is 6.79. The second kappa shape index (κ2) is 6.19. The maximum Gasteiger partial charge on any atom is 0.246 e. The minimum atomic E-state index is -0.872. The van der Waals surface area contributed by atoms with Gasteiger partial charge in [0.15, 0.2) is 0 Å². The van der Waals surface area contributed by atoms with Crippen LogP contribution in [0.5, 0.6) is 0 Å². The molecule has 1 fully saturated rings. The number of aliphatic hydroxyl groups excluding tert-OH is 2. The Balaban J connectivity index is 2.01. The third-order valence-electron chi connectivity index (χ3n) is 3.89. The van der Waals surface area contributed by atoms with E-state index in [1.165, 1.54) is 11.0 Å². The van der Waals surface area contributed by atoms with Crippen LogP contribution in [0.2, 0.25) is 0 Å². The van der Waals surface area contributed by atoms with Crippen LogP contribution in [0.25, 0.3) is 6.08 Å². The highest BCUT2D eigenvalue weighted by molar-refractivity contribution is 5.91. The number of amides is 1. The molecule has 3 atom stereocenters. The average Bonchev–Trinajstić information content (AvgIpc) is 2.84. The van der Waals surface area contributed by atoms with Gasteiger partial charge >= 0.3 is 0 Å². The number of carbonyl (C=O) groups excluding carboxylic acids is 1. The highest BCUT2D eigenvalue weighted by atomic mass is 16.3. The summed E-state index contributed by atoms with van der Waals surface area (Å²) in [5.74, 6) is -0.190.